The molecule has 0 fully saturated rings. The van der Waals surface area contributed by atoms with Crippen molar-refractivity contribution < 1.29 is 7.54 Å². The van der Waals surface area contributed by atoms with Crippen LogP contribution >= 0.6 is 13.5 Å². The Bertz CT molecular complexity index is 1310. The SMILES string of the molecule is S.[2H]c1nc(C)nc([2H])c1-c1cc(NC[C@@H](C)c2cccc3c(C(N)=O)ccnc23)ncn1. The first-order valence-electron chi connectivity index (χ1n) is 10.4. The molecular formula is C22H23N7OS. The smallest absolute Gasteiger partial charge is 0.249 e. The number of benzene rings is 1. The number of primary amides is 1. The van der Waals surface area contributed by atoms with E-state index in [0.29, 0.717) is 29.4 Å². The van der Waals surface area contributed by atoms with Gasteiger partial charge in [-0.15, -0.1) is 0 Å². The molecule has 0 aliphatic carbocycles. The van der Waals surface area contributed by atoms with E-state index in [-0.39, 0.29) is 37.3 Å². The van der Waals surface area contributed by atoms with Crippen LogP contribution in [0.2, 0.25) is 0 Å². The second kappa shape index (κ2) is 9.48. The number of amides is 1. The van der Waals surface area contributed by atoms with E-state index in [0.717, 1.165) is 16.5 Å². The number of nitrogens with one attached hydrogen (secondary N) is 1. The van der Waals surface area contributed by atoms with Crippen molar-refractivity contribution in [2.24, 2.45) is 5.73 Å². The molecular weight excluding hydrogens is 410 g/mol. The molecule has 3 N–H and O–H groups in total. The van der Waals surface area contributed by atoms with Crippen molar-refractivity contribution in [3.05, 3.63) is 72.2 Å². The minimum atomic E-state index is -0.489. The highest BCUT2D eigenvalue weighted by Crippen LogP contribution is 2.26. The Kier molecular flexibility index (Phi) is 5.93. The lowest BCUT2D eigenvalue weighted by Crippen LogP contribution is -2.14. The zero-order valence-corrected chi connectivity index (χ0v) is 18.0. The Morgan fingerprint density at radius 2 is 1.94 bits per heavy atom. The summed E-state index contributed by atoms with van der Waals surface area (Å²) in [5, 5.41) is 3.99. The predicted octanol–water partition coefficient (Wildman–Crippen LogP) is 3.22. The Balaban J connectivity index is 0.00000306. The van der Waals surface area contributed by atoms with Crippen LogP contribution in [0.4, 0.5) is 5.82 Å². The molecule has 3 aromatic heterocycles. The maximum atomic E-state index is 11.8. The summed E-state index contributed by atoms with van der Waals surface area (Å²) in [5.74, 6) is 0.464. The average Bonchev–Trinajstić information content (AvgIpc) is 2.76. The van der Waals surface area contributed by atoms with Gasteiger partial charge in [-0.3, -0.25) is 9.78 Å². The van der Waals surface area contributed by atoms with Gasteiger partial charge in [0.15, 0.2) is 0 Å². The van der Waals surface area contributed by atoms with Gasteiger partial charge in [0, 0.05) is 48.0 Å². The van der Waals surface area contributed by atoms with Crippen LogP contribution in [0, 0.1) is 6.92 Å². The zero-order valence-electron chi connectivity index (χ0n) is 19.0. The first kappa shape index (κ1) is 19.4. The van der Waals surface area contributed by atoms with Gasteiger partial charge in [0.05, 0.1) is 19.5 Å². The molecule has 0 aliphatic rings. The van der Waals surface area contributed by atoms with Gasteiger partial charge >= 0.3 is 0 Å². The summed E-state index contributed by atoms with van der Waals surface area (Å²) in [4.78, 5) is 32.7. The van der Waals surface area contributed by atoms with Crippen molar-refractivity contribution in [3.8, 4) is 11.3 Å². The number of nitrogens with zero attached hydrogens (tertiary/aromatic N) is 5. The van der Waals surface area contributed by atoms with Crippen LogP contribution < -0.4 is 11.1 Å². The largest absolute Gasteiger partial charge is 0.369 e. The molecule has 8 nitrogen and oxygen atoms in total. The maximum Gasteiger partial charge on any atom is 0.249 e. The fourth-order valence-corrected chi connectivity index (χ4v) is 3.21. The third-order valence-corrected chi connectivity index (χ3v) is 4.77. The number of para-hydroxylation sites is 1. The number of carbonyl (C=O) groups excluding carboxylic acids is 1. The Hall–Kier alpha value is -3.59. The molecule has 0 radical (unpaired) electrons. The van der Waals surface area contributed by atoms with Gasteiger partial charge in [0.25, 0.3) is 0 Å². The van der Waals surface area contributed by atoms with E-state index in [1.54, 1.807) is 25.3 Å². The standard InChI is InChI=1S/C22H21N7O.H2S/c1-13(16-4-3-5-17-18(22(23)30)6-7-24-21(16)17)9-27-20-8-19(28-12-29-20)15-10-25-14(2)26-11-15;/h3-8,10-13H,9H2,1-2H3,(H2,23,30)(H,27,28,29);1H2/t13-;/m1./s1/i10D,11D;. The summed E-state index contributed by atoms with van der Waals surface area (Å²) in [6.07, 6.45) is 2.86. The average molecular weight is 436 g/mol. The van der Waals surface area contributed by atoms with Crippen molar-refractivity contribution in [1.82, 2.24) is 24.9 Å². The topological polar surface area (TPSA) is 120 Å². The van der Waals surface area contributed by atoms with Crippen LogP contribution in [-0.2, 0) is 0 Å². The molecule has 31 heavy (non-hydrogen) atoms. The number of aromatic nitrogens is 5. The molecule has 1 aromatic carbocycles. The van der Waals surface area contributed by atoms with E-state index < -0.39 is 5.91 Å². The van der Waals surface area contributed by atoms with Gasteiger partial charge in [-0.1, -0.05) is 25.1 Å². The molecule has 9 heteroatoms. The molecule has 158 valence electrons. The summed E-state index contributed by atoms with van der Waals surface area (Å²) >= 11 is 0. The highest BCUT2D eigenvalue weighted by Gasteiger charge is 2.14. The number of carbonyl (C=O) groups is 1. The Labute approximate surface area is 189 Å². The van der Waals surface area contributed by atoms with E-state index in [2.05, 4.69) is 30.2 Å². The van der Waals surface area contributed by atoms with E-state index in [1.165, 1.54) is 6.33 Å². The van der Waals surface area contributed by atoms with Crippen LogP contribution in [0.5, 0.6) is 0 Å². The molecule has 4 rings (SSSR count). The van der Waals surface area contributed by atoms with Crippen LogP contribution in [0.15, 0.2) is 55.2 Å². The quantitative estimate of drug-likeness (QED) is 0.477. The van der Waals surface area contributed by atoms with Crippen molar-refractivity contribution in [2.45, 2.75) is 19.8 Å². The second-order valence-corrected chi connectivity index (χ2v) is 6.91. The van der Waals surface area contributed by atoms with E-state index >= 15 is 0 Å². The van der Waals surface area contributed by atoms with Gasteiger partial charge in [0.2, 0.25) is 5.91 Å². The highest BCUT2D eigenvalue weighted by molar-refractivity contribution is 7.59. The summed E-state index contributed by atoms with van der Waals surface area (Å²) in [5.41, 5.74) is 8.31. The third kappa shape index (κ3) is 4.77. The van der Waals surface area contributed by atoms with E-state index in [9.17, 15) is 4.79 Å². The molecule has 0 aliphatic heterocycles. The maximum absolute atomic E-state index is 11.8. The monoisotopic (exact) mass is 435 g/mol. The van der Waals surface area contributed by atoms with Crippen molar-refractivity contribution in [3.63, 3.8) is 0 Å². The van der Waals surface area contributed by atoms with Gasteiger partial charge < -0.3 is 11.1 Å². The number of hydrogen-bond acceptors (Lipinski definition) is 7. The number of fused-ring (bicyclic) bond motifs is 1. The molecule has 0 spiro atoms. The third-order valence-electron chi connectivity index (χ3n) is 4.77. The Morgan fingerprint density at radius 1 is 1.16 bits per heavy atom. The summed E-state index contributed by atoms with van der Waals surface area (Å²) in [6, 6.07) is 8.98. The molecule has 1 atom stereocenters. The van der Waals surface area contributed by atoms with Crippen LogP contribution in [-0.4, -0.2) is 37.4 Å². The minimum Gasteiger partial charge on any atom is -0.369 e. The van der Waals surface area contributed by atoms with Crippen molar-refractivity contribution >= 4 is 36.1 Å². The van der Waals surface area contributed by atoms with E-state index in [4.69, 9.17) is 8.48 Å². The lowest BCUT2D eigenvalue weighted by atomic mass is 9.96. The predicted molar refractivity (Wildman–Crippen MR) is 125 cm³/mol. The molecule has 0 unspecified atom stereocenters. The normalized spacial score (nSPS) is 12.5. The summed E-state index contributed by atoms with van der Waals surface area (Å²) in [7, 11) is 0. The molecule has 1 amide bonds. The molecule has 0 bridgehead atoms. The number of hydrogen-bond donors (Lipinski definition) is 2. The van der Waals surface area contributed by atoms with Crippen molar-refractivity contribution in [1.29, 1.82) is 0 Å². The number of rotatable bonds is 6. The van der Waals surface area contributed by atoms with Gasteiger partial charge in [-0.25, -0.2) is 19.9 Å². The lowest BCUT2D eigenvalue weighted by molar-refractivity contribution is 0.100. The van der Waals surface area contributed by atoms with Gasteiger partial charge in [-0.2, -0.15) is 13.5 Å². The molecule has 3 heterocycles. The van der Waals surface area contributed by atoms with Crippen LogP contribution in [0.3, 0.4) is 0 Å². The fraction of sp³-hybridized carbons (Fsp3) is 0.182. The van der Waals surface area contributed by atoms with Crippen LogP contribution in [0.1, 0.15) is 37.3 Å². The molecule has 0 saturated heterocycles. The summed E-state index contributed by atoms with van der Waals surface area (Å²) in [6.45, 7) is 4.22. The Morgan fingerprint density at radius 3 is 2.68 bits per heavy atom. The minimum absolute atomic E-state index is 0. The van der Waals surface area contributed by atoms with E-state index in [1.807, 2.05) is 25.1 Å². The highest BCUT2D eigenvalue weighted by atomic mass is 32.1. The first-order valence-corrected chi connectivity index (χ1v) is 9.40. The summed E-state index contributed by atoms with van der Waals surface area (Å²) < 4.78 is 16.2. The first-order chi connectivity index (χ1) is 15.3. The zero-order chi connectivity index (χ0) is 22.8. The fourth-order valence-electron chi connectivity index (χ4n) is 3.21. The molecule has 4 aromatic rings. The number of nitrogens with two attached hydrogens (primary N) is 1. The van der Waals surface area contributed by atoms with Crippen LogP contribution in [0.25, 0.3) is 22.2 Å². The number of pyridine rings is 1. The second-order valence-electron chi connectivity index (χ2n) is 6.91. The number of aryl methyl sites for hydroxylation is 1. The van der Waals surface area contributed by atoms with Gasteiger partial charge in [0.1, 0.15) is 18.0 Å². The van der Waals surface area contributed by atoms with Gasteiger partial charge in [-0.05, 0) is 18.6 Å². The van der Waals surface area contributed by atoms with Crippen molar-refractivity contribution in [2.75, 3.05) is 11.9 Å². The number of anilines is 1. The lowest BCUT2D eigenvalue weighted by Gasteiger charge is -2.16. The molecule has 0 saturated carbocycles.